The predicted molar refractivity (Wildman–Crippen MR) is 166 cm³/mol. The van der Waals surface area contributed by atoms with Crippen LogP contribution in [0.5, 0.6) is 5.75 Å². The highest BCUT2D eigenvalue weighted by Crippen LogP contribution is 2.26. The molecule has 1 heterocycles. The van der Waals surface area contributed by atoms with E-state index in [1.165, 1.54) is 16.8 Å². The lowest BCUT2D eigenvalue weighted by molar-refractivity contribution is -0.274. The summed E-state index contributed by atoms with van der Waals surface area (Å²) in [6.45, 7) is 2.14. The van der Waals surface area contributed by atoms with Crippen molar-refractivity contribution in [2.75, 3.05) is 5.32 Å². The Morgan fingerprint density at radius 2 is 1.62 bits per heavy atom. The van der Waals surface area contributed by atoms with Gasteiger partial charge >= 0.3 is 6.36 Å². The molecule has 2 N–H and O–H groups in total. The van der Waals surface area contributed by atoms with Crippen LogP contribution in [0.1, 0.15) is 63.4 Å². The maximum absolute atomic E-state index is 13.1. The van der Waals surface area contributed by atoms with E-state index in [0.29, 0.717) is 17.7 Å². The molecule has 3 aromatic carbocycles. The number of anilines is 1. The van der Waals surface area contributed by atoms with Crippen LogP contribution < -0.4 is 15.4 Å². The van der Waals surface area contributed by atoms with Gasteiger partial charge in [0.05, 0.1) is 12.1 Å². The summed E-state index contributed by atoms with van der Waals surface area (Å²) in [4.78, 5) is 42.9. The third-order valence-electron chi connectivity index (χ3n) is 7.37. The van der Waals surface area contributed by atoms with Crippen molar-refractivity contribution < 1.29 is 32.3 Å². The Bertz CT molecular complexity index is 1650. The number of alkyl halides is 3. The Morgan fingerprint density at radius 1 is 0.956 bits per heavy atom. The Kier molecular flexibility index (Phi) is 10.7. The Hall–Kier alpha value is -4.65. The number of Topliss-reactive ketones (excluding diaryl/α,β-unsaturated/α-hetero) is 1. The first-order valence-corrected chi connectivity index (χ1v) is 14.1. The summed E-state index contributed by atoms with van der Waals surface area (Å²) in [5.41, 5.74) is 2.67. The lowest BCUT2D eigenvalue weighted by Gasteiger charge is -2.11. The monoisotopic (exact) mass is 639 g/mol. The fraction of sp³-hybridized carbons (Fsp3) is 0.281. The molecule has 9 nitrogen and oxygen atoms in total. The summed E-state index contributed by atoms with van der Waals surface area (Å²) in [5, 5.41) is 10.0. The van der Waals surface area contributed by atoms with Crippen LogP contribution in [0.15, 0.2) is 72.8 Å². The topological polar surface area (TPSA) is 115 Å². The van der Waals surface area contributed by atoms with E-state index in [0.717, 1.165) is 48.9 Å². The SMILES string of the molecule is Cc1ccccc1C(=O)Nc1nc(CC(=O)c2ccc(CNC(=O)C3CCCC3)cc2)nn1-c1ccc(OC(F)(F)F)cc1.S. The highest BCUT2D eigenvalue weighted by atomic mass is 32.1. The third kappa shape index (κ3) is 8.72. The normalized spacial score (nSPS) is 13.2. The number of rotatable bonds is 10. The highest BCUT2D eigenvalue weighted by molar-refractivity contribution is 7.59. The van der Waals surface area contributed by atoms with Crippen molar-refractivity contribution in [1.82, 2.24) is 20.1 Å². The third-order valence-corrected chi connectivity index (χ3v) is 7.37. The van der Waals surface area contributed by atoms with E-state index in [2.05, 4.69) is 25.5 Å². The van der Waals surface area contributed by atoms with Crippen molar-refractivity contribution >= 4 is 37.0 Å². The maximum atomic E-state index is 13.1. The van der Waals surface area contributed by atoms with Crippen LogP contribution in [-0.2, 0) is 17.8 Å². The van der Waals surface area contributed by atoms with E-state index < -0.39 is 18.0 Å². The number of aromatic nitrogens is 3. The van der Waals surface area contributed by atoms with Crippen LogP contribution in [0.4, 0.5) is 19.1 Å². The molecule has 45 heavy (non-hydrogen) atoms. The van der Waals surface area contributed by atoms with Crippen molar-refractivity contribution in [1.29, 1.82) is 0 Å². The smallest absolute Gasteiger partial charge is 0.406 e. The molecule has 236 valence electrons. The highest BCUT2D eigenvalue weighted by Gasteiger charge is 2.31. The van der Waals surface area contributed by atoms with Crippen LogP contribution in [0.25, 0.3) is 5.69 Å². The number of carbonyl (C=O) groups excluding carboxylic acids is 3. The second-order valence-corrected chi connectivity index (χ2v) is 10.6. The van der Waals surface area contributed by atoms with Gasteiger partial charge in [-0.1, -0.05) is 55.3 Å². The zero-order valence-electron chi connectivity index (χ0n) is 24.4. The molecule has 1 aromatic heterocycles. The number of aryl methyl sites for hydroxylation is 1. The lowest BCUT2D eigenvalue weighted by atomic mass is 10.0. The number of hydrogen-bond donors (Lipinski definition) is 2. The molecule has 1 aliphatic rings. The fourth-order valence-corrected chi connectivity index (χ4v) is 5.05. The minimum Gasteiger partial charge on any atom is -0.406 e. The van der Waals surface area contributed by atoms with Gasteiger partial charge in [-0.05, 0) is 61.2 Å². The number of nitrogens with one attached hydrogen (secondary N) is 2. The molecular weight excluding hydrogens is 607 g/mol. The van der Waals surface area contributed by atoms with Gasteiger partial charge in [0.2, 0.25) is 11.9 Å². The van der Waals surface area contributed by atoms with Gasteiger partial charge in [-0.15, -0.1) is 18.3 Å². The first kappa shape index (κ1) is 33.2. The van der Waals surface area contributed by atoms with Crippen LogP contribution in [-0.4, -0.2) is 38.7 Å². The number of nitrogens with zero attached hydrogens (tertiary/aromatic N) is 3. The quantitative estimate of drug-likeness (QED) is 0.204. The van der Waals surface area contributed by atoms with Crippen molar-refractivity contribution in [2.45, 2.75) is 51.9 Å². The number of carbonyl (C=O) groups is 3. The number of benzene rings is 3. The van der Waals surface area contributed by atoms with E-state index in [-0.39, 0.29) is 55.0 Å². The molecule has 1 fully saturated rings. The summed E-state index contributed by atoms with van der Waals surface area (Å²) >= 11 is 0. The largest absolute Gasteiger partial charge is 0.573 e. The van der Waals surface area contributed by atoms with Gasteiger partial charge in [0.25, 0.3) is 5.91 Å². The van der Waals surface area contributed by atoms with Crippen molar-refractivity contribution in [3.05, 3.63) is 101 Å². The van der Waals surface area contributed by atoms with E-state index >= 15 is 0 Å². The number of amides is 2. The summed E-state index contributed by atoms with van der Waals surface area (Å²) < 4.78 is 43.1. The van der Waals surface area contributed by atoms with E-state index in [1.54, 1.807) is 55.5 Å². The summed E-state index contributed by atoms with van der Waals surface area (Å²) in [6.07, 6.45) is -1.07. The number of ether oxygens (including phenoxy) is 1. The van der Waals surface area contributed by atoms with Gasteiger partial charge in [0, 0.05) is 23.6 Å². The predicted octanol–water partition coefficient (Wildman–Crippen LogP) is 6.07. The van der Waals surface area contributed by atoms with Crippen LogP contribution in [0, 0.1) is 12.8 Å². The van der Waals surface area contributed by atoms with E-state index in [9.17, 15) is 27.6 Å². The second kappa shape index (κ2) is 14.4. The number of ketones is 1. The standard InChI is InChI=1S/C32H30F3N5O4.H2S/c1-20-6-2-5-9-26(20)30(43)38-31-37-28(39-40(31)24-14-16-25(17-15-24)44-32(33,34)35)18-27(41)22-12-10-21(11-13-22)19-36-29(42)23-7-3-4-8-23;/h2,5-6,9-17,23H,3-4,7-8,18-19H2,1H3,(H,36,42)(H,37,38,39,43);1H2. The molecule has 0 aliphatic heterocycles. The molecule has 0 unspecified atom stereocenters. The summed E-state index contributed by atoms with van der Waals surface area (Å²) in [5.74, 6) is -0.976. The lowest BCUT2D eigenvalue weighted by Crippen LogP contribution is -2.28. The molecule has 0 saturated heterocycles. The van der Waals surface area contributed by atoms with Crippen LogP contribution in [0.3, 0.4) is 0 Å². The molecule has 2 amide bonds. The van der Waals surface area contributed by atoms with Gasteiger partial charge in [-0.2, -0.15) is 23.2 Å². The molecular formula is C32H32F3N5O4S. The molecule has 0 atom stereocenters. The first-order chi connectivity index (χ1) is 21.1. The Balaban J connectivity index is 0.00000461. The summed E-state index contributed by atoms with van der Waals surface area (Å²) in [6, 6.07) is 18.7. The minimum atomic E-state index is -4.85. The molecule has 0 spiro atoms. The van der Waals surface area contributed by atoms with Crippen LogP contribution in [0.2, 0.25) is 0 Å². The molecule has 1 aliphatic carbocycles. The number of halogens is 3. The molecule has 13 heteroatoms. The molecule has 5 rings (SSSR count). The van der Waals surface area contributed by atoms with Gasteiger partial charge in [0.15, 0.2) is 11.6 Å². The molecule has 1 saturated carbocycles. The van der Waals surface area contributed by atoms with Crippen LogP contribution >= 0.6 is 13.5 Å². The maximum Gasteiger partial charge on any atom is 0.573 e. The zero-order chi connectivity index (χ0) is 31.3. The van der Waals surface area contributed by atoms with Gasteiger partial charge in [0.1, 0.15) is 5.75 Å². The number of hydrogen-bond acceptors (Lipinski definition) is 6. The zero-order valence-corrected chi connectivity index (χ0v) is 25.4. The average molecular weight is 640 g/mol. The Morgan fingerprint density at radius 3 is 2.27 bits per heavy atom. The first-order valence-electron chi connectivity index (χ1n) is 14.1. The van der Waals surface area contributed by atoms with Gasteiger partial charge in [-0.3, -0.25) is 19.7 Å². The minimum absolute atomic E-state index is 0. The van der Waals surface area contributed by atoms with Crippen molar-refractivity contribution in [3.8, 4) is 11.4 Å². The van der Waals surface area contributed by atoms with E-state index in [4.69, 9.17) is 0 Å². The molecule has 4 aromatic rings. The fourth-order valence-electron chi connectivity index (χ4n) is 5.05. The van der Waals surface area contributed by atoms with Gasteiger partial charge in [-0.25, -0.2) is 0 Å². The summed E-state index contributed by atoms with van der Waals surface area (Å²) in [7, 11) is 0. The molecule has 0 bridgehead atoms. The van der Waals surface area contributed by atoms with E-state index in [1.807, 2.05) is 0 Å². The Labute approximate surface area is 264 Å². The second-order valence-electron chi connectivity index (χ2n) is 10.6. The van der Waals surface area contributed by atoms with Crippen molar-refractivity contribution in [2.24, 2.45) is 5.92 Å². The van der Waals surface area contributed by atoms with Crippen molar-refractivity contribution in [3.63, 3.8) is 0 Å². The average Bonchev–Trinajstić information content (AvgIpc) is 3.67. The molecule has 0 radical (unpaired) electrons. The van der Waals surface area contributed by atoms with Gasteiger partial charge < -0.3 is 10.1 Å².